The monoisotopic (exact) mass is 971 g/mol. The number of nitrogens with one attached hydrogen (secondary N) is 1. The zero-order valence-electron chi connectivity index (χ0n) is 40.0. The van der Waals surface area contributed by atoms with Crippen LogP contribution in [0.3, 0.4) is 0 Å². The molecule has 5 atom stereocenters. The molecule has 1 N–H and O–H groups in total. The third kappa shape index (κ3) is 6.86. The quantitative estimate of drug-likeness (QED) is 0.142. The summed E-state index contributed by atoms with van der Waals surface area (Å²) in [6.45, 7) is 10.7. The summed E-state index contributed by atoms with van der Waals surface area (Å²) < 4.78 is 67.5. The third-order valence-electron chi connectivity index (χ3n) is 15.8. The molecule has 3 saturated carbocycles. The van der Waals surface area contributed by atoms with Crippen LogP contribution in [0, 0.1) is 24.5 Å². The van der Waals surface area contributed by atoms with Gasteiger partial charge in [-0.05, 0) is 150 Å². The van der Waals surface area contributed by atoms with Crippen molar-refractivity contribution >= 4 is 26.5 Å². The van der Waals surface area contributed by atoms with Crippen LogP contribution in [-0.4, -0.2) is 79.7 Å². The van der Waals surface area contributed by atoms with E-state index in [1.165, 1.54) is 34.5 Å². The molecule has 18 heteroatoms. The van der Waals surface area contributed by atoms with Crippen molar-refractivity contribution in [1.29, 1.82) is 0 Å². The van der Waals surface area contributed by atoms with Gasteiger partial charge in [0.15, 0.2) is 11.6 Å². The molecule has 3 aliphatic carbocycles. The smallest absolute Gasteiger partial charge is 0.376 e. The van der Waals surface area contributed by atoms with Gasteiger partial charge in [0.2, 0.25) is 0 Å². The number of hydrogen-bond donors (Lipinski definition) is 1. The Labute approximate surface area is 402 Å². The molecule has 2 aliphatic heterocycles. The van der Waals surface area contributed by atoms with Gasteiger partial charge in [-0.2, -0.15) is 5.10 Å². The summed E-state index contributed by atoms with van der Waals surface area (Å²) in [5.41, 5.74) is 3.16. The molecule has 7 aromatic rings. The number of aromatic nitrogens is 7. The van der Waals surface area contributed by atoms with Crippen LogP contribution in [0.15, 0.2) is 90.4 Å². The van der Waals surface area contributed by atoms with E-state index >= 15 is 13.6 Å². The summed E-state index contributed by atoms with van der Waals surface area (Å²) in [5, 5.41) is 10.0. The van der Waals surface area contributed by atoms with Crippen LogP contribution in [0.1, 0.15) is 135 Å². The van der Waals surface area contributed by atoms with E-state index in [1.54, 1.807) is 40.9 Å². The molecule has 1 unspecified atom stereocenters. The van der Waals surface area contributed by atoms with Crippen LogP contribution in [0.25, 0.3) is 28.1 Å². The highest BCUT2D eigenvalue weighted by Gasteiger charge is 2.59. The van der Waals surface area contributed by atoms with Crippen LogP contribution in [0.4, 0.5) is 8.78 Å². The van der Waals surface area contributed by atoms with Crippen molar-refractivity contribution in [1.82, 2.24) is 38.5 Å². The number of benzene rings is 3. The molecule has 6 heterocycles. The summed E-state index contributed by atoms with van der Waals surface area (Å²) in [6.07, 6.45) is 8.93. The predicted octanol–water partition coefficient (Wildman–Crippen LogP) is 8.74. The second-order valence-corrected chi connectivity index (χ2v) is 23.4. The number of carbonyl (C=O) groups is 1. The Morgan fingerprint density at radius 3 is 2.40 bits per heavy atom. The minimum Gasteiger partial charge on any atom is -0.376 e. The number of ether oxygens (including phenoxy) is 1. The molecule has 0 bridgehead atoms. The summed E-state index contributed by atoms with van der Waals surface area (Å²) in [5.74, 6) is -0.942. The molecule has 0 radical (unpaired) electrons. The molecule has 3 aromatic carbocycles. The van der Waals surface area contributed by atoms with Crippen molar-refractivity contribution in [3.63, 3.8) is 0 Å². The van der Waals surface area contributed by atoms with Gasteiger partial charge in [-0.25, -0.2) is 31.6 Å². The fraction of sp³-hybridized carbons (Fsp3) is 0.442. The van der Waals surface area contributed by atoms with Crippen LogP contribution < -0.4 is 11.4 Å². The predicted molar refractivity (Wildman–Crippen MR) is 258 cm³/mol. The van der Waals surface area contributed by atoms with Gasteiger partial charge in [0.05, 0.1) is 43.3 Å². The average Bonchev–Trinajstić information content (AvgIpc) is 4.31. The summed E-state index contributed by atoms with van der Waals surface area (Å²) in [4.78, 5) is 48.0. The minimum atomic E-state index is -2.84. The molecule has 70 heavy (non-hydrogen) atoms. The fourth-order valence-electron chi connectivity index (χ4n) is 11.7. The first kappa shape index (κ1) is 44.8. The van der Waals surface area contributed by atoms with Crippen molar-refractivity contribution in [2.24, 2.45) is 10.3 Å². The molecule has 364 valence electrons. The van der Waals surface area contributed by atoms with E-state index in [0.29, 0.717) is 64.2 Å². The number of nitrogens with zero attached hydrogens (tertiary/aromatic N) is 8. The van der Waals surface area contributed by atoms with E-state index in [2.05, 4.69) is 53.5 Å². The minimum absolute atomic E-state index is 0.0116. The van der Waals surface area contributed by atoms with E-state index in [-0.39, 0.29) is 58.1 Å². The molecule has 4 aromatic heterocycles. The number of hydrogen-bond acceptors (Lipinski definition) is 9. The van der Waals surface area contributed by atoms with Crippen LogP contribution in [-0.2, 0) is 26.4 Å². The third-order valence-corrected chi connectivity index (χ3v) is 18.8. The normalized spacial score (nSPS) is 23.9. The van der Waals surface area contributed by atoms with Gasteiger partial charge in [-0.15, -0.1) is 0 Å². The number of carbonyl (C=O) groups excluding carboxylic acids is 1. The molecule has 12 rings (SSSR count). The molecular weight excluding hydrogens is 917 g/mol. The Bertz CT molecular complexity index is 3580. The summed E-state index contributed by atoms with van der Waals surface area (Å²) in [6, 6.07) is 15.6. The molecular formula is C52H55F2N9O6S. The molecule has 0 spiro atoms. The van der Waals surface area contributed by atoms with Crippen molar-refractivity contribution in [2.45, 2.75) is 125 Å². The van der Waals surface area contributed by atoms with Gasteiger partial charge < -0.3 is 14.2 Å². The van der Waals surface area contributed by atoms with E-state index in [4.69, 9.17) is 14.4 Å². The number of imidazole rings is 1. The van der Waals surface area contributed by atoms with Crippen molar-refractivity contribution in [3.05, 3.63) is 139 Å². The van der Waals surface area contributed by atoms with Crippen molar-refractivity contribution in [3.8, 4) is 17.2 Å². The largest absolute Gasteiger partial charge is 0.438 e. The van der Waals surface area contributed by atoms with Gasteiger partial charge >= 0.3 is 11.4 Å². The lowest BCUT2D eigenvalue weighted by Crippen LogP contribution is -2.41. The highest BCUT2D eigenvalue weighted by molar-refractivity contribution is 7.94. The molecule has 15 nitrogen and oxygen atoms in total. The number of halogens is 2. The maximum atomic E-state index is 16.6. The van der Waals surface area contributed by atoms with E-state index in [9.17, 15) is 13.8 Å². The maximum Gasteiger partial charge on any atom is 0.438 e. The zero-order chi connectivity index (χ0) is 48.8. The highest BCUT2D eigenvalue weighted by atomic mass is 32.2. The lowest BCUT2D eigenvalue weighted by atomic mass is 9.83. The van der Waals surface area contributed by atoms with Crippen LogP contribution in [0.2, 0.25) is 0 Å². The van der Waals surface area contributed by atoms with Gasteiger partial charge in [-0.3, -0.25) is 23.4 Å². The first-order valence-electron chi connectivity index (χ1n) is 24.4. The number of fused-ring (bicyclic) bond motifs is 2. The Kier molecular flexibility index (Phi) is 10.1. The van der Waals surface area contributed by atoms with Gasteiger partial charge in [0.25, 0.3) is 5.91 Å². The second kappa shape index (κ2) is 15.8. The first-order valence-corrected chi connectivity index (χ1v) is 25.9. The Balaban J connectivity index is 0.989. The Morgan fingerprint density at radius 2 is 1.71 bits per heavy atom. The Hall–Kier alpha value is -6.40. The lowest BCUT2D eigenvalue weighted by molar-refractivity contribution is -0.0592. The van der Waals surface area contributed by atoms with Crippen LogP contribution in [0.5, 0.6) is 0 Å². The van der Waals surface area contributed by atoms with Crippen molar-refractivity contribution < 1.29 is 27.0 Å². The van der Waals surface area contributed by atoms with Gasteiger partial charge in [-0.1, -0.05) is 18.1 Å². The standard InChI is InChI=1S/C52H55F2N9O6S/c1-28-26-52(28,48-56-49(65)69-58-48)62-40-14-9-32(33-18-22-68-51(4,5)27-33)23-34(40)24-42(62)47(64)59-19-17-39-44(30(59)3)46(63(57-39)35-10-13-38(53)37(25-35)31-7-8-31)61-21-20-60(50(61)66)41-15-16-43(29(2)45(41)54)70(67,55-6)36-11-12-36/h9-10,13-16,20-21,23-25,28,30-31,33,36H,7-8,11-12,17-19,22,26-27H2,1-6H3,(H,56,58,65)/t28-,30-,33-,52-,70?/m0/s1. The molecule has 1 amide bonds. The summed E-state index contributed by atoms with van der Waals surface area (Å²) >= 11 is 0. The van der Waals surface area contributed by atoms with E-state index in [1.807, 2.05) is 17.6 Å². The SMILES string of the molecule is CN=S(=O)(c1ccc(-n2ccn(-c3c4c(nn3-c3ccc(F)c(C5CC5)c3)CCN(C(=O)c3cc5cc([C@H]6CCOC(C)(C)C6)ccc5n3[C@@]3(c5noc(=O)[nH]5)C[C@@H]3C)[C@H]4C)c2=O)c(F)c1C)C1CC1. The summed E-state index contributed by atoms with van der Waals surface area (Å²) in [7, 11) is -1.34. The number of aromatic amines is 1. The maximum absolute atomic E-state index is 16.6. The number of rotatable bonds is 10. The average molecular weight is 972 g/mol. The molecule has 1 saturated heterocycles. The van der Waals surface area contributed by atoms with Crippen LogP contribution >= 0.6 is 0 Å². The highest BCUT2D eigenvalue weighted by Crippen LogP contribution is 2.56. The molecule has 4 fully saturated rings. The zero-order valence-corrected chi connectivity index (χ0v) is 40.8. The molecule has 5 aliphatic rings. The van der Waals surface area contributed by atoms with E-state index in [0.717, 1.165) is 55.0 Å². The number of amides is 1. The van der Waals surface area contributed by atoms with Gasteiger partial charge in [0.1, 0.15) is 22.9 Å². The first-order chi connectivity index (χ1) is 33.5. The number of H-pyrrole nitrogens is 1. The van der Waals surface area contributed by atoms with Gasteiger partial charge in [0, 0.05) is 66.3 Å². The lowest BCUT2D eigenvalue weighted by Gasteiger charge is -2.35. The Morgan fingerprint density at radius 1 is 0.943 bits per heavy atom. The topological polar surface area (TPSA) is 168 Å². The van der Waals surface area contributed by atoms with E-state index < -0.39 is 38.6 Å². The fourth-order valence-corrected chi connectivity index (χ4v) is 14.1. The van der Waals surface area contributed by atoms with Crippen molar-refractivity contribution in [2.75, 3.05) is 20.2 Å². The second-order valence-electron chi connectivity index (χ2n) is 20.7.